The SMILES string of the molecule is CN(CC(=O)N1CCC(O)CC1)Cc1cc(F)ccc1C#N. The first-order valence-corrected chi connectivity index (χ1v) is 7.32. The van der Waals surface area contributed by atoms with Crippen molar-refractivity contribution in [3.8, 4) is 6.07 Å². The Morgan fingerprint density at radius 1 is 1.50 bits per heavy atom. The van der Waals surface area contributed by atoms with Gasteiger partial charge >= 0.3 is 0 Å². The molecule has 0 radical (unpaired) electrons. The van der Waals surface area contributed by atoms with Crippen LogP contribution in [0.1, 0.15) is 24.0 Å². The van der Waals surface area contributed by atoms with Gasteiger partial charge in [-0.1, -0.05) is 0 Å². The number of carbonyl (C=O) groups is 1. The van der Waals surface area contributed by atoms with Crippen molar-refractivity contribution < 1.29 is 14.3 Å². The highest BCUT2D eigenvalue weighted by Crippen LogP contribution is 2.14. The van der Waals surface area contributed by atoms with Crippen molar-refractivity contribution in [3.63, 3.8) is 0 Å². The molecule has 22 heavy (non-hydrogen) atoms. The largest absolute Gasteiger partial charge is 0.393 e. The van der Waals surface area contributed by atoms with Crippen LogP contribution in [0.5, 0.6) is 0 Å². The molecule has 0 saturated carbocycles. The molecular formula is C16H20FN3O2. The molecule has 2 rings (SSSR count). The lowest BCUT2D eigenvalue weighted by Crippen LogP contribution is -2.44. The molecule has 0 atom stereocenters. The van der Waals surface area contributed by atoms with Crippen LogP contribution in [0.4, 0.5) is 4.39 Å². The van der Waals surface area contributed by atoms with Gasteiger partial charge in [-0.2, -0.15) is 5.26 Å². The van der Waals surface area contributed by atoms with E-state index in [1.807, 2.05) is 6.07 Å². The van der Waals surface area contributed by atoms with Crippen molar-refractivity contribution in [1.29, 1.82) is 5.26 Å². The molecule has 0 spiro atoms. The number of aliphatic hydroxyl groups is 1. The fourth-order valence-electron chi connectivity index (χ4n) is 2.60. The van der Waals surface area contributed by atoms with Crippen LogP contribution in [0.25, 0.3) is 0 Å². The highest BCUT2D eigenvalue weighted by molar-refractivity contribution is 5.78. The Morgan fingerprint density at radius 3 is 2.82 bits per heavy atom. The van der Waals surface area contributed by atoms with Crippen LogP contribution in [0.15, 0.2) is 18.2 Å². The van der Waals surface area contributed by atoms with Crippen molar-refractivity contribution in [1.82, 2.24) is 9.80 Å². The average molecular weight is 305 g/mol. The summed E-state index contributed by atoms with van der Waals surface area (Å²) >= 11 is 0. The minimum absolute atomic E-state index is 0.00990. The zero-order valence-corrected chi connectivity index (χ0v) is 12.6. The second-order valence-electron chi connectivity index (χ2n) is 5.70. The number of nitrogens with zero attached hydrogens (tertiary/aromatic N) is 3. The van der Waals surface area contributed by atoms with Gasteiger partial charge in [0.05, 0.1) is 24.3 Å². The van der Waals surface area contributed by atoms with E-state index in [2.05, 4.69) is 0 Å². The molecule has 1 heterocycles. The molecule has 1 aliphatic heterocycles. The van der Waals surface area contributed by atoms with Gasteiger partial charge in [0.1, 0.15) is 5.82 Å². The molecule has 0 unspecified atom stereocenters. The molecule has 1 aromatic rings. The number of nitriles is 1. The summed E-state index contributed by atoms with van der Waals surface area (Å²) in [6.07, 6.45) is 0.905. The maximum atomic E-state index is 13.3. The molecule has 1 amide bonds. The van der Waals surface area contributed by atoms with Crippen molar-refractivity contribution in [2.24, 2.45) is 0 Å². The molecule has 1 aliphatic rings. The van der Waals surface area contributed by atoms with Gasteiger partial charge in [0.2, 0.25) is 5.91 Å². The highest BCUT2D eigenvalue weighted by Gasteiger charge is 2.22. The molecule has 0 aliphatic carbocycles. The van der Waals surface area contributed by atoms with Gasteiger partial charge in [0.15, 0.2) is 0 Å². The lowest BCUT2D eigenvalue weighted by atomic mass is 10.1. The third-order valence-corrected chi connectivity index (χ3v) is 3.85. The normalized spacial score (nSPS) is 15.9. The van der Waals surface area contributed by atoms with Gasteiger partial charge in [0, 0.05) is 19.6 Å². The number of benzene rings is 1. The van der Waals surface area contributed by atoms with E-state index in [4.69, 9.17) is 5.26 Å². The first-order chi connectivity index (χ1) is 10.5. The van der Waals surface area contributed by atoms with E-state index in [1.54, 1.807) is 16.8 Å². The van der Waals surface area contributed by atoms with Gasteiger partial charge in [0.25, 0.3) is 0 Å². The third kappa shape index (κ3) is 4.26. The number of hydrogen-bond acceptors (Lipinski definition) is 4. The molecule has 6 heteroatoms. The molecule has 1 fully saturated rings. The first-order valence-electron chi connectivity index (χ1n) is 7.32. The van der Waals surface area contributed by atoms with E-state index in [-0.39, 0.29) is 18.6 Å². The number of piperidine rings is 1. The van der Waals surface area contributed by atoms with Crippen molar-refractivity contribution in [3.05, 3.63) is 35.1 Å². The average Bonchev–Trinajstić information content (AvgIpc) is 2.48. The smallest absolute Gasteiger partial charge is 0.236 e. The van der Waals surface area contributed by atoms with Crippen LogP contribution in [-0.4, -0.2) is 53.6 Å². The summed E-state index contributed by atoms with van der Waals surface area (Å²) in [7, 11) is 1.77. The fourth-order valence-corrected chi connectivity index (χ4v) is 2.60. The second-order valence-corrected chi connectivity index (χ2v) is 5.70. The van der Waals surface area contributed by atoms with Gasteiger partial charge < -0.3 is 10.0 Å². The number of rotatable bonds is 4. The number of aliphatic hydroxyl groups excluding tert-OH is 1. The monoisotopic (exact) mass is 305 g/mol. The van der Waals surface area contributed by atoms with Crippen LogP contribution < -0.4 is 0 Å². The molecule has 1 saturated heterocycles. The topological polar surface area (TPSA) is 67.6 Å². The van der Waals surface area contributed by atoms with E-state index in [9.17, 15) is 14.3 Å². The minimum Gasteiger partial charge on any atom is -0.393 e. The van der Waals surface area contributed by atoms with Crippen LogP contribution in [0.2, 0.25) is 0 Å². The zero-order valence-electron chi connectivity index (χ0n) is 12.6. The number of amides is 1. The summed E-state index contributed by atoms with van der Waals surface area (Å²) < 4.78 is 13.3. The maximum Gasteiger partial charge on any atom is 0.236 e. The van der Waals surface area contributed by atoms with Gasteiger partial charge in [-0.25, -0.2) is 4.39 Å². The van der Waals surface area contributed by atoms with Crippen molar-refractivity contribution >= 4 is 5.91 Å². The van der Waals surface area contributed by atoms with E-state index >= 15 is 0 Å². The Morgan fingerprint density at radius 2 is 2.18 bits per heavy atom. The van der Waals surface area contributed by atoms with Gasteiger partial charge in [-0.05, 0) is 43.7 Å². The molecule has 1 aromatic carbocycles. The van der Waals surface area contributed by atoms with Crippen molar-refractivity contribution in [2.75, 3.05) is 26.7 Å². The van der Waals surface area contributed by atoms with Crippen LogP contribution in [0.3, 0.4) is 0 Å². The van der Waals surface area contributed by atoms with Crippen molar-refractivity contribution in [2.45, 2.75) is 25.5 Å². The number of hydrogen-bond donors (Lipinski definition) is 1. The van der Waals surface area contributed by atoms with E-state index in [0.717, 1.165) is 0 Å². The van der Waals surface area contributed by atoms with Crippen LogP contribution >= 0.6 is 0 Å². The maximum absolute atomic E-state index is 13.3. The number of halogens is 1. The quantitative estimate of drug-likeness (QED) is 0.905. The Kier molecular flexibility index (Phi) is 5.47. The molecular weight excluding hydrogens is 285 g/mol. The Labute approximate surface area is 129 Å². The zero-order chi connectivity index (χ0) is 16.1. The predicted molar refractivity (Wildman–Crippen MR) is 79.3 cm³/mol. The van der Waals surface area contributed by atoms with Crippen LogP contribution in [0, 0.1) is 17.1 Å². The molecule has 0 bridgehead atoms. The Balaban J connectivity index is 1.93. The van der Waals surface area contributed by atoms with E-state index in [0.29, 0.717) is 43.6 Å². The summed E-state index contributed by atoms with van der Waals surface area (Å²) in [5.74, 6) is -0.400. The van der Waals surface area contributed by atoms with Gasteiger partial charge in [-0.3, -0.25) is 9.69 Å². The standard InChI is InChI=1S/C16H20FN3O2/c1-19(10-13-8-14(17)3-2-12(13)9-18)11-16(22)20-6-4-15(21)5-7-20/h2-3,8,15,21H,4-7,10-11H2,1H3. The lowest BCUT2D eigenvalue weighted by molar-refractivity contribution is -0.134. The Bertz CT molecular complexity index is 577. The molecule has 5 nitrogen and oxygen atoms in total. The predicted octanol–water partition coefficient (Wildman–Crippen LogP) is 1.11. The summed E-state index contributed by atoms with van der Waals surface area (Å²) in [6.45, 7) is 1.68. The second kappa shape index (κ2) is 7.34. The molecule has 1 N–H and O–H groups in total. The third-order valence-electron chi connectivity index (χ3n) is 3.85. The van der Waals surface area contributed by atoms with Crippen LogP contribution in [-0.2, 0) is 11.3 Å². The molecule has 118 valence electrons. The highest BCUT2D eigenvalue weighted by atomic mass is 19.1. The minimum atomic E-state index is -0.390. The lowest BCUT2D eigenvalue weighted by Gasteiger charge is -2.31. The summed E-state index contributed by atoms with van der Waals surface area (Å²) in [4.78, 5) is 15.7. The summed E-state index contributed by atoms with van der Waals surface area (Å²) in [6, 6.07) is 6.07. The van der Waals surface area contributed by atoms with E-state index in [1.165, 1.54) is 18.2 Å². The fraction of sp³-hybridized carbons (Fsp3) is 0.500. The number of likely N-dealkylation sites (tertiary alicyclic amines) is 1. The number of likely N-dealkylation sites (N-methyl/N-ethyl adjacent to an activating group) is 1. The first kappa shape index (κ1) is 16.4. The summed E-state index contributed by atoms with van der Waals surface area (Å²) in [5.41, 5.74) is 0.994. The number of carbonyl (C=O) groups excluding carboxylic acids is 1. The molecule has 0 aromatic heterocycles. The Hall–Kier alpha value is -1.97. The summed E-state index contributed by atoms with van der Waals surface area (Å²) in [5, 5.41) is 18.5. The van der Waals surface area contributed by atoms with Gasteiger partial charge in [-0.15, -0.1) is 0 Å². The van der Waals surface area contributed by atoms with E-state index < -0.39 is 5.82 Å².